The van der Waals surface area contributed by atoms with Crippen LogP contribution in [0.4, 0.5) is 0 Å². The van der Waals surface area contributed by atoms with Gasteiger partial charge in [-0.05, 0) is 18.9 Å². The van der Waals surface area contributed by atoms with Crippen molar-refractivity contribution in [2.45, 2.75) is 18.4 Å². The Labute approximate surface area is 76.7 Å². The molecule has 13 heavy (non-hydrogen) atoms. The molecular formula is C10H12O3. The number of carbonyl (C=O) groups is 1. The number of aliphatic hydroxyl groups is 1. The molecule has 0 heterocycles. The third kappa shape index (κ3) is 1.11. The molecule has 0 amide bonds. The maximum absolute atomic E-state index is 11.4. The summed E-state index contributed by atoms with van der Waals surface area (Å²) in [5.41, 5.74) is -0.733. The maximum atomic E-state index is 11.4. The molecular weight excluding hydrogens is 168 g/mol. The monoisotopic (exact) mass is 180 g/mol. The largest absolute Gasteiger partial charge is 0.509 e. The summed E-state index contributed by atoms with van der Waals surface area (Å²) in [5.74, 6) is -0.0469. The van der Waals surface area contributed by atoms with Gasteiger partial charge in [0.25, 0.3) is 0 Å². The summed E-state index contributed by atoms with van der Waals surface area (Å²) in [6.07, 6.45) is 6.34. The highest BCUT2D eigenvalue weighted by Gasteiger charge is 2.40. The van der Waals surface area contributed by atoms with Gasteiger partial charge >= 0.3 is 0 Å². The van der Waals surface area contributed by atoms with E-state index in [-0.39, 0.29) is 17.5 Å². The summed E-state index contributed by atoms with van der Waals surface area (Å²) in [6.45, 7) is 0. The number of allylic oxidation sites excluding steroid dienone is 2. The van der Waals surface area contributed by atoms with Crippen molar-refractivity contribution in [2.24, 2.45) is 5.92 Å². The first-order chi connectivity index (χ1) is 6.18. The number of fused-ring (bicyclic) bond motifs is 2. The molecule has 0 saturated heterocycles. The van der Waals surface area contributed by atoms with Crippen molar-refractivity contribution in [3.05, 3.63) is 24.0 Å². The Kier molecular flexibility index (Phi) is 1.77. The molecule has 3 nitrogen and oxygen atoms in total. The van der Waals surface area contributed by atoms with Crippen LogP contribution in [0.25, 0.3) is 0 Å². The summed E-state index contributed by atoms with van der Waals surface area (Å²) >= 11 is 0. The molecule has 3 rings (SSSR count). The Morgan fingerprint density at radius 1 is 1.69 bits per heavy atom. The van der Waals surface area contributed by atoms with Gasteiger partial charge in [0.2, 0.25) is 0 Å². The first kappa shape index (κ1) is 8.51. The normalized spacial score (nSPS) is 37.5. The molecule has 2 atom stereocenters. The molecule has 0 aromatic carbocycles. The highest BCUT2D eigenvalue weighted by Crippen LogP contribution is 2.37. The SMILES string of the molecule is CO[C@@]12C=C[C@@H](CC1)C(=O)C=C2O. The summed E-state index contributed by atoms with van der Waals surface area (Å²) in [5, 5.41) is 9.66. The van der Waals surface area contributed by atoms with Crippen LogP contribution in [0.15, 0.2) is 24.0 Å². The number of carbonyl (C=O) groups excluding carboxylic acids is 1. The van der Waals surface area contributed by atoms with Crippen molar-refractivity contribution in [3.63, 3.8) is 0 Å². The van der Waals surface area contributed by atoms with Gasteiger partial charge in [0, 0.05) is 19.1 Å². The van der Waals surface area contributed by atoms with Crippen LogP contribution in [0, 0.1) is 5.92 Å². The average Bonchev–Trinajstić information content (AvgIpc) is 2.34. The lowest BCUT2D eigenvalue weighted by atomic mass is 9.86. The smallest absolute Gasteiger partial charge is 0.165 e. The van der Waals surface area contributed by atoms with Crippen LogP contribution in [0.5, 0.6) is 0 Å². The van der Waals surface area contributed by atoms with E-state index in [4.69, 9.17) is 4.74 Å². The first-order valence-electron chi connectivity index (χ1n) is 4.37. The third-order valence-electron chi connectivity index (χ3n) is 2.87. The van der Waals surface area contributed by atoms with Crippen molar-refractivity contribution >= 4 is 5.78 Å². The lowest BCUT2D eigenvalue weighted by molar-refractivity contribution is -0.117. The lowest BCUT2D eigenvalue weighted by Crippen LogP contribution is -2.33. The Bertz CT molecular complexity index is 303. The van der Waals surface area contributed by atoms with E-state index in [1.165, 1.54) is 6.08 Å². The Hall–Kier alpha value is -1.09. The minimum atomic E-state index is -0.733. The second kappa shape index (κ2) is 2.70. The summed E-state index contributed by atoms with van der Waals surface area (Å²) in [4.78, 5) is 11.4. The molecule has 1 N–H and O–H groups in total. The zero-order valence-electron chi connectivity index (χ0n) is 7.49. The second-order valence-electron chi connectivity index (χ2n) is 3.53. The maximum Gasteiger partial charge on any atom is 0.165 e. The van der Waals surface area contributed by atoms with Gasteiger partial charge in [0.05, 0.1) is 0 Å². The second-order valence-corrected chi connectivity index (χ2v) is 3.53. The Morgan fingerprint density at radius 2 is 2.46 bits per heavy atom. The van der Waals surface area contributed by atoms with Gasteiger partial charge in [-0.3, -0.25) is 4.79 Å². The molecule has 2 bridgehead atoms. The number of rotatable bonds is 1. The predicted molar refractivity (Wildman–Crippen MR) is 47.3 cm³/mol. The van der Waals surface area contributed by atoms with E-state index in [1.54, 1.807) is 13.2 Å². The van der Waals surface area contributed by atoms with Crippen molar-refractivity contribution in [1.29, 1.82) is 0 Å². The molecule has 0 aromatic rings. The minimum absolute atomic E-state index is 0.0230. The highest BCUT2D eigenvalue weighted by atomic mass is 16.5. The van der Waals surface area contributed by atoms with Crippen LogP contribution in [0.3, 0.4) is 0 Å². The molecule has 0 aromatic heterocycles. The topological polar surface area (TPSA) is 46.5 Å². The summed E-state index contributed by atoms with van der Waals surface area (Å²) in [6, 6.07) is 0. The zero-order chi connectivity index (χ0) is 9.47. The van der Waals surface area contributed by atoms with Crippen molar-refractivity contribution in [1.82, 2.24) is 0 Å². The van der Waals surface area contributed by atoms with E-state index < -0.39 is 5.60 Å². The van der Waals surface area contributed by atoms with Crippen LogP contribution in [0.1, 0.15) is 12.8 Å². The van der Waals surface area contributed by atoms with Gasteiger partial charge in [0.15, 0.2) is 5.78 Å². The molecule has 0 spiro atoms. The minimum Gasteiger partial charge on any atom is -0.509 e. The van der Waals surface area contributed by atoms with E-state index in [2.05, 4.69) is 0 Å². The predicted octanol–water partition coefficient (Wildman–Crippen LogP) is 1.36. The fourth-order valence-electron chi connectivity index (χ4n) is 1.91. The van der Waals surface area contributed by atoms with Crippen LogP contribution in [0.2, 0.25) is 0 Å². The quantitative estimate of drug-likeness (QED) is 0.620. The summed E-state index contributed by atoms with van der Waals surface area (Å²) < 4.78 is 5.25. The van der Waals surface area contributed by atoms with Crippen LogP contribution in [-0.2, 0) is 9.53 Å². The standard InChI is InChI=1S/C10H12O3/c1-13-10-4-2-7(3-5-10)8(11)6-9(10)12/h2,4,6-7,12H,3,5H2,1H3/t7-,10-/m0/s1. The van der Waals surface area contributed by atoms with E-state index >= 15 is 0 Å². The molecule has 0 saturated carbocycles. The number of hydrogen-bond donors (Lipinski definition) is 1. The molecule has 0 fully saturated rings. The molecule has 3 aliphatic carbocycles. The number of ketones is 1. The molecule has 0 radical (unpaired) electrons. The van der Waals surface area contributed by atoms with Crippen molar-refractivity contribution < 1.29 is 14.6 Å². The molecule has 3 aliphatic rings. The van der Waals surface area contributed by atoms with E-state index in [1.807, 2.05) is 6.08 Å². The van der Waals surface area contributed by atoms with Gasteiger partial charge in [-0.1, -0.05) is 6.08 Å². The van der Waals surface area contributed by atoms with Gasteiger partial charge in [-0.15, -0.1) is 0 Å². The van der Waals surface area contributed by atoms with Gasteiger partial charge in [-0.2, -0.15) is 0 Å². The Balaban J connectivity index is 2.49. The van der Waals surface area contributed by atoms with Crippen LogP contribution < -0.4 is 0 Å². The zero-order valence-corrected chi connectivity index (χ0v) is 7.49. The molecule has 70 valence electrons. The molecule has 0 unspecified atom stereocenters. The lowest BCUT2D eigenvalue weighted by Gasteiger charge is -2.30. The highest BCUT2D eigenvalue weighted by molar-refractivity contribution is 5.94. The van der Waals surface area contributed by atoms with Gasteiger partial charge in [0.1, 0.15) is 11.4 Å². The van der Waals surface area contributed by atoms with Crippen molar-refractivity contribution in [3.8, 4) is 0 Å². The fraction of sp³-hybridized carbons (Fsp3) is 0.500. The number of hydrogen-bond acceptors (Lipinski definition) is 3. The van der Waals surface area contributed by atoms with Gasteiger partial charge in [-0.25, -0.2) is 0 Å². The average molecular weight is 180 g/mol. The molecule has 3 heteroatoms. The third-order valence-corrected chi connectivity index (χ3v) is 2.87. The van der Waals surface area contributed by atoms with Gasteiger partial charge < -0.3 is 9.84 Å². The Morgan fingerprint density at radius 3 is 3.00 bits per heavy atom. The van der Waals surface area contributed by atoms with E-state index in [0.717, 1.165) is 6.42 Å². The van der Waals surface area contributed by atoms with Crippen molar-refractivity contribution in [2.75, 3.05) is 7.11 Å². The summed E-state index contributed by atoms with van der Waals surface area (Å²) in [7, 11) is 1.55. The van der Waals surface area contributed by atoms with Crippen LogP contribution in [-0.4, -0.2) is 23.6 Å². The first-order valence-corrected chi connectivity index (χ1v) is 4.37. The number of ether oxygens (including phenoxy) is 1. The number of methoxy groups -OCH3 is 1. The fourth-order valence-corrected chi connectivity index (χ4v) is 1.91. The van der Waals surface area contributed by atoms with E-state index in [9.17, 15) is 9.90 Å². The van der Waals surface area contributed by atoms with Crippen LogP contribution >= 0.6 is 0 Å². The van der Waals surface area contributed by atoms with E-state index in [0.29, 0.717) is 6.42 Å². The molecule has 0 aliphatic heterocycles. The number of aliphatic hydroxyl groups excluding tert-OH is 1.